The minimum atomic E-state index is -0.346. The first-order valence-corrected chi connectivity index (χ1v) is 8.87. The number of nitrogens with one attached hydrogen (secondary N) is 1. The third kappa shape index (κ3) is 3.28. The second-order valence-corrected chi connectivity index (χ2v) is 6.45. The molecule has 26 heavy (non-hydrogen) atoms. The lowest BCUT2D eigenvalue weighted by Crippen LogP contribution is -2.36. The summed E-state index contributed by atoms with van der Waals surface area (Å²) in [7, 11) is 0. The molecule has 6 heteroatoms. The van der Waals surface area contributed by atoms with Crippen LogP contribution in [0, 0.1) is 0 Å². The van der Waals surface area contributed by atoms with Crippen LogP contribution in [0.15, 0.2) is 54.9 Å². The fourth-order valence-electron chi connectivity index (χ4n) is 3.24. The number of morpholine rings is 1. The summed E-state index contributed by atoms with van der Waals surface area (Å²) >= 11 is 0. The number of ether oxygens (including phenoxy) is 1. The molecule has 1 fully saturated rings. The van der Waals surface area contributed by atoms with Crippen molar-refractivity contribution in [3.8, 4) is 0 Å². The molecule has 0 unspecified atom stereocenters. The van der Waals surface area contributed by atoms with E-state index in [0.29, 0.717) is 0 Å². The van der Waals surface area contributed by atoms with Crippen molar-refractivity contribution in [3.63, 3.8) is 0 Å². The lowest BCUT2D eigenvalue weighted by Gasteiger charge is -2.29. The van der Waals surface area contributed by atoms with Gasteiger partial charge < -0.3 is 19.5 Å². The third-order valence-electron chi connectivity index (χ3n) is 4.79. The van der Waals surface area contributed by atoms with Gasteiger partial charge in [0, 0.05) is 24.5 Å². The second kappa shape index (κ2) is 7.17. The van der Waals surface area contributed by atoms with Gasteiger partial charge in [0.15, 0.2) is 0 Å². The molecule has 4 rings (SSSR count). The molecule has 134 valence electrons. The minimum Gasteiger partial charge on any atom is -0.378 e. The van der Waals surface area contributed by atoms with Crippen molar-refractivity contribution in [1.82, 2.24) is 9.55 Å². The average Bonchev–Trinajstić information content (AvgIpc) is 3.13. The number of carbonyl (C=O) groups excluding carboxylic acids is 1. The van der Waals surface area contributed by atoms with E-state index in [1.54, 1.807) is 6.33 Å². The number of anilines is 2. The predicted octanol–water partition coefficient (Wildman–Crippen LogP) is 3.07. The topological polar surface area (TPSA) is 59.4 Å². The van der Waals surface area contributed by atoms with Crippen LogP contribution in [0.25, 0.3) is 11.0 Å². The van der Waals surface area contributed by atoms with Crippen LogP contribution in [0.5, 0.6) is 0 Å². The maximum Gasteiger partial charge on any atom is 0.247 e. The molecule has 1 aliphatic rings. The zero-order valence-corrected chi connectivity index (χ0v) is 14.8. The van der Waals surface area contributed by atoms with Crippen LogP contribution in [0.4, 0.5) is 11.4 Å². The molecule has 1 saturated heterocycles. The highest BCUT2D eigenvalue weighted by atomic mass is 16.5. The van der Waals surface area contributed by atoms with Crippen molar-refractivity contribution in [1.29, 1.82) is 0 Å². The lowest BCUT2D eigenvalue weighted by molar-refractivity contribution is -0.118. The van der Waals surface area contributed by atoms with Crippen LogP contribution in [0.1, 0.15) is 13.0 Å². The van der Waals surface area contributed by atoms with E-state index in [9.17, 15) is 4.79 Å². The Kier molecular flexibility index (Phi) is 4.58. The Labute approximate surface area is 152 Å². The summed E-state index contributed by atoms with van der Waals surface area (Å²) in [6.45, 7) is 5.20. The Hall–Kier alpha value is -2.86. The number of rotatable bonds is 4. The summed E-state index contributed by atoms with van der Waals surface area (Å²) in [5.74, 6) is -0.0627. The fraction of sp³-hybridized carbons (Fsp3) is 0.300. The predicted molar refractivity (Wildman–Crippen MR) is 103 cm³/mol. The Morgan fingerprint density at radius 2 is 1.85 bits per heavy atom. The maximum absolute atomic E-state index is 12.7. The second-order valence-electron chi connectivity index (χ2n) is 6.45. The van der Waals surface area contributed by atoms with Gasteiger partial charge in [-0.05, 0) is 43.3 Å². The van der Waals surface area contributed by atoms with Crippen LogP contribution in [-0.4, -0.2) is 41.8 Å². The number of carbonyl (C=O) groups is 1. The number of benzene rings is 2. The Morgan fingerprint density at radius 1 is 1.12 bits per heavy atom. The van der Waals surface area contributed by atoms with E-state index in [0.717, 1.165) is 48.7 Å². The molecule has 0 saturated carbocycles. The summed E-state index contributed by atoms with van der Waals surface area (Å²) in [6.07, 6.45) is 1.72. The van der Waals surface area contributed by atoms with Gasteiger partial charge in [0.25, 0.3) is 0 Å². The summed E-state index contributed by atoms with van der Waals surface area (Å²) in [5.41, 5.74) is 3.79. The average molecular weight is 350 g/mol. The van der Waals surface area contributed by atoms with Gasteiger partial charge in [0.1, 0.15) is 6.04 Å². The van der Waals surface area contributed by atoms with Gasteiger partial charge in [-0.15, -0.1) is 0 Å². The Morgan fingerprint density at radius 3 is 2.62 bits per heavy atom. The normalized spacial score (nSPS) is 15.8. The number of para-hydroxylation sites is 2. The van der Waals surface area contributed by atoms with Gasteiger partial charge in [0.05, 0.1) is 30.6 Å². The number of hydrogen-bond donors (Lipinski definition) is 1. The van der Waals surface area contributed by atoms with E-state index in [1.165, 1.54) is 0 Å². The number of hydrogen-bond acceptors (Lipinski definition) is 4. The zero-order valence-electron chi connectivity index (χ0n) is 14.8. The van der Waals surface area contributed by atoms with Gasteiger partial charge >= 0.3 is 0 Å². The number of aromatic nitrogens is 2. The van der Waals surface area contributed by atoms with Crippen molar-refractivity contribution >= 4 is 28.3 Å². The summed E-state index contributed by atoms with van der Waals surface area (Å²) < 4.78 is 7.28. The molecule has 1 atom stereocenters. The molecular formula is C20H22N4O2. The summed E-state index contributed by atoms with van der Waals surface area (Å²) in [6, 6.07) is 15.4. The summed E-state index contributed by atoms with van der Waals surface area (Å²) in [4.78, 5) is 19.3. The van der Waals surface area contributed by atoms with Crippen molar-refractivity contribution in [3.05, 3.63) is 54.9 Å². The first-order valence-electron chi connectivity index (χ1n) is 8.87. The van der Waals surface area contributed by atoms with Crippen LogP contribution in [0.3, 0.4) is 0 Å². The molecule has 0 spiro atoms. The van der Waals surface area contributed by atoms with Crippen LogP contribution in [0.2, 0.25) is 0 Å². The van der Waals surface area contributed by atoms with Gasteiger partial charge in [-0.3, -0.25) is 4.79 Å². The fourth-order valence-corrected chi connectivity index (χ4v) is 3.24. The monoisotopic (exact) mass is 350 g/mol. The lowest BCUT2D eigenvalue weighted by atomic mass is 10.2. The molecule has 1 aliphatic heterocycles. The SMILES string of the molecule is C[C@@H](C(=O)Nc1ccc(N2CCOCC2)cc1)n1cnc2ccccc21. The number of nitrogens with zero attached hydrogens (tertiary/aromatic N) is 3. The van der Waals surface area contributed by atoms with Crippen LogP contribution < -0.4 is 10.2 Å². The molecule has 0 bridgehead atoms. The van der Waals surface area contributed by atoms with Crippen LogP contribution in [-0.2, 0) is 9.53 Å². The highest BCUT2D eigenvalue weighted by molar-refractivity contribution is 5.94. The van der Waals surface area contributed by atoms with Crippen molar-refractivity contribution < 1.29 is 9.53 Å². The van der Waals surface area contributed by atoms with Gasteiger partial charge in [0.2, 0.25) is 5.91 Å². The summed E-state index contributed by atoms with van der Waals surface area (Å²) in [5, 5.41) is 2.99. The van der Waals surface area contributed by atoms with E-state index < -0.39 is 0 Å². The number of imidazole rings is 1. The van der Waals surface area contributed by atoms with Crippen molar-refractivity contribution in [2.75, 3.05) is 36.5 Å². The quantitative estimate of drug-likeness (QED) is 0.786. The van der Waals surface area contributed by atoms with Crippen molar-refractivity contribution in [2.45, 2.75) is 13.0 Å². The van der Waals surface area contributed by atoms with Gasteiger partial charge in [-0.25, -0.2) is 4.98 Å². The van der Waals surface area contributed by atoms with Crippen LogP contribution >= 0.6 is 0 Å². The van der Waals surface area contributed by atoms with E-state index in [4.69, 9.17) is 4.74 Å². The van der Waals surface area contributed by atoms with E-state index in [2.05, 4.69) is 15.2 Å². The largest absolute Gasteiger partial charge is 0.378 e. The molecule has 1 aromatic heterocycles. The Bertz CT molecular complexity index is 898. The minimum absolute atomic E-state index is 0.0627. The highest BCUT2D eigenvalue weighted by Crippen LogP contribution is 2.21. The molecular weight excluding hydrogens is 328 g/mol. The molecule has 3 aromatic rings. The van der Waals surface area contributed by atoms with Gasteiger partial charge in [-0.1, -0.05) is 12.1 Å². The molecule has 2 aromatic carbocycles. The number of amides is 1. The van der Waals surface area contributed by atoms with E-state index in [-0.39, 0.29) is 11.9 Å². The molecule has 0 radical (unpaired) electrons. The highest BCUT2D eigenvalue weighted by Gasteiger charge is 2.17. The van der Waals surface area contributed by atoms with Crippen molar-refractivity contribution in [2.24, 2.45) is 0 Å². The first kappa shape index (κ1) is 16.6. The molecule has 1 amide bonds. The molecule has 2 heterocycles. The number of fused-ring (bicyclic) bond motifs is 1. The first-order chi connectivity index (χ1) is 12.7. The molecule has 6 nitrogen and oxygen atoms in total. The third-order valence-corrected chi connectivity index (χ3v) is 4.79. The standard InChI is InChI=1S/C20H22N4O2/c1-15(24-14-21-18-4-2-3-5-19(18)24)20(25)22-16-6-8-17(9-7-16)23-10-12-26-13-11-23/h2-9,14-15H,10-13H2,1H3,(H,22,25)/t15-/m0/s1. The zero-order chi connectivity index (χ0) is 17.9. The van der Waals surface area contributed by atoms with E-state index >= 15 is 0 Å². The smallest absolute Gasteiger partial charge is 0.247 e. The Balaban J connectivity index is 1.45. The molecule has 0 aliphatic carbocycles. The maximum atomic E-state index is 12.7. The molecule has 1 N–H and O–H groups in total. The van der Waals surface area contributed by atoms with Gasteiger partial charge in [-0.2, -0.15) is 0 Å². The van der Waals surface area contributed by atoms with E-state index in [1.807, 2.05) is 60.0 Å².